The number of benzene rings is 1. The van der Waals surface area contributed by atoms with Gasteiger partial charge in [0.1, 0.15) is 5.75 Å². The number of nitrogens with zero attached hydrogens (tertiary/aromatic N) is 2. The third kappa shape index (κ3) is 4.30. The van der Waals surface area contributed by atoms with Crippen LogP contribution in [-0.2, 0) is 4.74 Å². The molecule has 1 aliphatic carbocycles. The number of methoxy groups -OCH3 is 2. The lowest BCUT2D eigenvalue weighted by molar-refractivity contribution is 0.0640. The fraction of sp³-hybridized carbons (Fsp3) is 0.550. The molecule has 4 N–H and O–H groups in total. The van der Waals surface area contributed by atoms with Crippen molar-refractivity contribution in [3.8, 4) is 5.75 Å². The number of piperazine rings is 1. The van der Waals surface area contributed by atoms with Gasteiger partial charge in [0.05, 0.1) is 19.9 Å². The first-order chi connectivity index (χ1) is 13.0. The van der Waals surface area contributed by atoms with Gasteiger partial charge in [-0.1, -0.05) is 6.42 Å². The summed E-state index contributed by atoms with van der Waals surface area (Å²) in [4.78, 5) is 17.0. The normalized spacial score (nSPS) is 19.3. The Balaban J connectivity index is 1.59. The van der Waals surface area contributed by atoms with E-state index in [1.807, 2.05) is 4.90 Å². The molecule has 1 saturated carbocycles. The zero-order valence-electron chi connectivity index (χ0n) is 16.2. The van der Waals surface area contributed by atoms with Crippen LogP contribution in [0.4, 0.5) is 5.69 Å². The fourth-order valence-electron chi connectivity index (χ4n) is 3.67. The van der Waals surface area contributed by atoms with Crippen LogP contribution in [0, 0.1) is 5.92 Å². The summed E-state index contributed by atoms with van der Waals surface area (Å²) in [6.45, 7) is 3.85. The molecule has 1 heterocycles. The summed E-state index contributed by atoms with van der Waals surface area (Å²) < 4.78 is 10.5. The van der Waals surface area contributed by atoms with E-state index in [4.69, 9.17) is 20.9 Å². The number of hydrogen-bond acceptors (Lipinski definition) is 6. The average Bonchev–Trinajstić information content (AvgIpc) is 2.66. The van der Waals surface area contributed by atoms with E-state index < -0.39 is 0 Å². The lowest BCUT2D eigenvalue weighted by Gasteiger charge is -2.37. The number of hydrogen-bond donors (Lipinski definition) is 2. The second-order valence-electron chi connectivity index (χ2n) is 7.25. The van der Waals surface area contributed by atoms with Crippen LogP contribution in [0.3, 0.4) is 0 Å². The van der Waals surface area contributed by atoms with Gasteiger partial charge in [0.15, 0.2) is 5.88 Å². The highest BCUT2D eigenvalue weighted by Gasteiger charge is 2.28. The van der Waals surface area contributed by atoms with Gasteiger partial charge >= 0.3 is 0 Å². The van der Waals surface area contributed by atoms with Gasteiger partial charge in [-0.2, -0.15) is 0 Å². The van der Waals surface area contributed by atoms with Crippen molar-refractivity contribution in [3.63, 3.8) is 0 Å². The minimum Gasteiger partial charge on any atom is -0.495 e. The molecule has 3 rings (SSSR count). The maximum absolute atomic E-state index is 12.8. The van der Waals surface area contributed by atoms with Crippen molar-refractivity contribution in [2.24, 2.45) is 11.7 Å². The van der Waals surface area contributed by atoms with Gasteiger partial charge in [-0.15, -0.1) is 0 Å². The Morgan fingerprint density at radius 1 is 1.19 bits per heavy atom. The van der Waals surface area contributed by atoms with Crippen LogP contribution in [0.1, 0.15) is 29.6 Å². The topological polar surface area (TPSA) is 94.1 Å². The van der Waals surface area contributed by atoms with Gasteiger partial charge < -0.3 is 25.8 Å². The number of anilines is 1. The van der Waals surface area contributed by atoms with Crippen LogP contribution in [0.2, 0.25) is 0 Å². The molecule has 2 aliphatic rings. The van der Waals surface area contributed by atoms with Gasteiger partial charge in [0, 0.05) is 43.9 Å². The van der Waals surface area contributed by atoms with Crippen LogP contribution in [-0.4, -0.2) is 62.7 Å². The maximum Gasteiger partial charge on any atom is 0.254 e. The fourth-order valence-corrected chi connectivity index (χ4v) is 3.67. The van der Waals surface area contributed by atoms with Crippen LogP contribution >= 0.6 is 0 Å². The molecule has 0 unspecified atom stereocenters. The van der Waals surface area contributed by atoms with Crippen molar-refractivity contribution in [2.75, 3.05) is 52.7 Å². The zero-order chi connectivity index (χ0) is 19.4. The molecule has 7 heteroatoms. The van der Waals surface area contributed by atoms with Crippen LogP contribution in [0.5, 0.6) is 5.75 Å². The highest BCUT2D eigenvalue weighted by Crippen LogP contribution is 2.34. The van der Waals surface area contributed by atoms with Crippen molar-refractivity contribution in [2.45, 2.75) is 19.3 Å². The van der Waals surface area contributed by atoms with Crippen molar-refractivity contribution in [1.82, 2.24) is 9.80 Å². The Kier molecular flexibility index (Phi) is 6.11. The van der Waals surface area contributed by atoms with E-state index in [0.29, 0.717) is 41.9 Å². The number of ether oxygens (including phenoxy) is 2. The smallest absolute Gasteiger partial charge is 0.254 e. The molecule has 1 aliphatic heterocycles. The van der Waals surface area contributed by atoms with Gasteiger partial charge in [-0.05, 0) is 37.0 Å². The molecular formula is C20H30N4O3. The van der Waals surface area contributed by atoms with E-state index >= 15 is 0 Å². The second kappa shape index (κ2) is 8.52. The summed E-state index contributed by atoms with van der Waals surface area (Å²) in [7, 11) is 3.18. The largest absolute Gasteiger partial charge is 0.495 e. The molecule has 0 aromatic heterocycles. The molecular weight excluding hydrogens is 344 g/mol. The number of amides is 1. The van der Waals surface area contributed by atoms with Gasteiger partial charge in [-0.3, -0.25) is 9.69 Å². The Morgan fingerprint density at radius 2 is 1.89 bits per heavy atom. The second-order valence-corrected chi connectivity index (χ2v) is 7.25. The zero-order valence-corrected chi connectivity index (χ0v) is 16.2. The highest BCUT2D eigenvalue weighted by atomic mass is 16.5. The molecule has 1 saturated heterocycles. The molecule has 27 heavy (non-hydrogen) atoms. The van der Waals surface area contributed by atoms with Crippen molar-refractivity contribution in [1.29, 1.82) is 0 Å². The van der Waals surface area contributed by atoms with Gasteiger partial charge in [-0.25, -0.2) is 0 Å². The maximum atomic E-state index is 12.8. The predicted octanol–water partition coefficient (Wildman–Crippen LogP) is 1.65. The van der Waals surface area contributed by atoms with E-state index in [1.165, 1.54) is 24.8 Å². The van der Waals surface area contributed by atoms with Gasteiger partial charge in [0.25, 0.3) is 5.91 Å². The van der Waals surface area contributed by atoms with Crippen molar-refractivity contribution in [3.05, 3.63) is 35.2 Å². The number of nitrogens with two attached hydrogens (primary N) is 2. The van der Waals surface area contributed by atoms with Crippen LogP contribution in [0.15, 0.2) is 29.7 Å². The van der Waals surface area contributed by atoms with Crippen LogP contribution in [0.25, 0.3) is 0 Å². The molecule has 1 amide bonds. The van der Waals surface area contributed by atoms with E-state index in [2.05, 4.69) is 4.90 Å². The Hall–Kier alpha value is -2.41. The first-order valence-corrected chi connectivity index (χ1v) is 9.51. The summed E-state index contributed by atoms with van der Waals surface area (Å²) in [5.41, 5.74) is 14.3. The number of carbonyl (C=O) groups is 1. The molecule has 0 bridgehead atoms. The molecule has 1 aromatic rings. The molecule has 2 fully saturated rings. The van der Waals surface area contributed by atoms with E-state index in [0.717, 1.165) is 19.6 Å². The predicted molar refractivity (Wildman–Crippen MR) is 105 cm³/mol. The summed E-state index contributed by atoms with van der Waals surface area (Å²) >= 11 is 0. The van der Waals surface area contributed by atoms with E-state index in [-0.39, 0.29) is 5.91 Å². The number of nitrogen functional groups attached to an aromatic ring is 1. The van der Waals surface area contributed by atoms with Crippen molar-refractivity contribution >= 4 is 11.6 Å². The lowest BCUT2D eigenvalue weighted by Crippen LogP contribution is -2.49. The minimum atomic E-state index is 0.0131. The molecule has 0 spiro atoms. The van der Waals surface area contributed by atoms with E-state index in [9.17, 15) is 4.79 Å². The first kappa shape index (κ1) is 19.4. The monoisotopic (exact) mass is 374 g/mol. The highest BCUT2D eigenvalue weighted by molar-refractivity contribution is 5.95. The summed E-state index contributed by atoms with van der Waals surface area (Å²) in [5, 5.41) is 0. The molecule has 1 aromatic carbocycles. The third-order valence-corrected chi connectivity index (χ3v) is 5.67. The summed E-state index contributed by atoms with van der Waals surface area (Å²) in [6, 6.07) is 5.18. The average molecular weight is 374 g/mol. The van der Waals surface area contributed by atoms with E-state index in [1.54, 1.807) is 32.4 Å². The Morgan fingerprint density at radius 3 is 2.44 bits per heavy atom. The standard InChI is InChI=1S/C20H30N4O3/c1-26-18-12-15(6-7-17(18)21)20(25)24-10-8-23(9-11-24)13-16(19(22)27-2)14-4-3-5-14/h6-7,12,14H,3-5,8-11,13,21-22H2,1-2H3/b19-16+. The molecule has 0 atom stereocenters. The van der Waals surface area contributed by atoms with Crippen LogP contribution < -0.4 is 16.2 Å². The third-order valence-electron chi connectivity index (χ3n) is 5.67. The molecule has 7 nitrogen and oxygen atoms in total. The molecule has 0 radical (unpaired) electrons. The Bertz CT molecular complexity index is 707. The Labute approximate surface area is 160 Å². The summed E-state index contributed by atoms with van der Waals surface area (Å²) in [6.07, 6.45) is 3.64. The number of carbonyl (C=O) groups excluding carboxylic acids is 1. The summed E-state index contributed by atoms with van der Waals surface area (Å²) in [5.74, 6) is 1.66. The minimum absolute atomic E-state index is 0.0131. The SMILES string of the molecule is CO/C(N)=C(\CN1CCN(C(=O)c2ccc(N)c(OC)c2)CC1)C1CCC1. The first-order valence-electron chi connectivity index (χ1n) is 9.51. The number of rotatable bonds is 6. The quantitative estimate of drug-likeness (QED) is 0.581. The molecule has 148 valence electrons. The van der Waals surface area contributed by atoms with Crippen molar-refractivity contribution < 1.29 is 14.3 Å². The van der Waals surface area contributed by atoms with Gasteiger partial charge in [0.2, 0.25) is 0 Å². The lowest BCUT2D eigenvalue weighted by atomic mass is 9.79.